The lowest BCUT2D eigenvalue weighted by molar-refractivity contribution is 0.525. The number of benzene rings is 1. The molecule has 1 saturated heterocycles. The predicted octanol–water partition coefficient (Wildman–Crippen LogP) is 2.66. The summed E-state index contributed by atoms with van der Waals surface area (Å²) in [5.41, 5.74) is 1.98. The third-order valence-corrected chi connectivity index (χ3v) is 6.29. The Balaban J connectivity index is 1.59. The lowest BCUT2D eigenvalue weighted by atomic mass is 10.0. The third kappa shape index (κ3) is 4.28. The van der Waals surface area contributed by atoms with Crippen molar-refractivity contribution in [3.63, 3.8) is 0 Å². The van der Waals surface area contributed by atoms with Crippen molar-refractivity contribution in [1.82, 2.24) is 9.97 Å². The van der Waals surface area contributed by atoms with E-state index in [1.54, 1.807) is 31.5 Å². The summed E-state index contributed by atoms with van der Waals surface area (Å²) in [5.74, 6) is 0.957. The molecule has 1 N–H and O–H groups in total. The number of aryl methyl sites for hydroxylation is 1. The fourth-order valence-electron chi connectivity index (χ4n) is 3.06. The molecule has 3 rings (SSSR count). The minimum Gasteiger partial charge on any atom is -0.371 e. The Morgan fingerprint density at radius 3 is 2.44 bits per heavy atom. The van der Waals surface area contributed by atoms with E-state index in [1.807, 2.05) is 19.1 Å². The SMILES string of the molecule is CCS(=O)(=O)c1ccc(N2CCC(Nc3cncc(C)n3)CC2)cc1. The largest absolute Gasteiger partial charge is 0.371 e. The van der Waals surface area contributed by atoms with Crippen LogP contribution in [-0.4, -0.2) is 43.3 Å². The van der Waals surface area contributed by atoms with E-state index >= 15 is 0 Å². The topological polar surface area (TPSA) is 75.2 Å². The molecule has 0 radical (unpaired) electrons. The van der Waals surface area contributed by atoms with Gasteiger partial charge in [-0.3, -0.25) is 4.98 Å². The quantitative estimate of drug-likeness (QED) is 0.883. The van der Waals surface area contributed by atoms with E-state index in [0.29, 0.717) is 10.9 Å². The number of anilines is 2. The zero-order chi connectivity index (χ0) is 17.9. The fourth-order valence-corrected chi connectivity index (χ4v) is 3.94. The van der Waals surface area contributed by atoms with Crippen molar-refractivity contribution in [2.75, 3.05) is 29.1 Å². The van der Waals surface area contributed by atoms with Crippen molar-refractivity contribution in [2.45, 2.75) is 37.6 Å². The molecule has 1 aromatic carbocycles. The maximum Gasteiger partial charge on any atom is 0.178 e. The molecule has 2 heterocycles. The summed E-state index contributed by atoms with van der Waals surface area (Å²) in [6.45, 7) is 5.45. The van der Waals surface area contributed by atoms with E-state index in [1.165, 1.54) is 0 Å². The molecule has 25 heavy (non-hydrogen) atoms. The number of aromatic nitrogens is 2. The van der Waals surface area contributed by atoms with Gasteiger partial charge in [0.05, 0.1) is 22.5 Å². The van der Waals surface area contributed by atoms with Gasteiger partial charge in [-0.1, -0.05) is 6.92 Å². The van der Waals surface area contributed by atoms with Crippen LogP contribution in [0.1, 0.15) is 25.5 Å². The van der Waals surface area contributed by atoms with Gasteiger partial charge >= 0.3 is 0 Å². The number of hydrogen-bond acceptors (Lipinski definition) is 6. The van der Waals surface area contributed by atoms with Crippen molar-refractivity contribution >= 4 is 21.3 Å². The van der Waals surface area contributed by atoms with Gasteiger partial charge in [-0.05, 0) is 44.0 Å². The summed E-state index contributed by atoms with van der Waals surface area (Å²) in [5, 5.41) is 3.45. The average molecular weight is 360 g/mol. The average Bonchev–Trinajstić information content (AvgIpc) is 2.62. The standard InChI is InChI=1S/C18H24N4O2S/c1-3-25(23,24)17-6-4-16(5-7-17)22-10-8-15(9-11-22)21-18-13-19-12-14(2)20-18/h4-7,12-13,15H,3,8-11H2,1-2H3,(H,20,21). The Labute approximate surface area is 149 Å². The molecule has 1 aliphatic rings. The normalized spacial score (nSPS) is 16.0. The molecule has 0 spiro atoms. The van der Waals surface area contributed by atoms with E-state index < -0.39 is 9.84 Å². The van der Waals surface area contributed by atoms with Crippen LogP contribution < -0.4 is 10.2 Å². The van der Waals surface area contributed by atoms with Crippen LogP contribution in [0.15, 0.2) is 41.6 Å². The van der Waals surface area contributed by atoms with Crippen LogP contribution in [0.25, 0.3) is 0 Å². The Morgan fingerprint density at radius 1 is 1.16 bits per heavy atom. The van der Waals surface area contributed by atoms with Gasteiger partial charge in [-0.2, -0.15) is 0 Å². The van der Waals surface area contributed by atoms with Gasteiger partial charge in [-0.25, -0.2) is 13.4 Å². The number of rotatable bonds is 5. The predicted molar refractivity (Wildman–Crippen MR) is 99.8 cm³/mol. The summed E-state index contributed by atoms with van der Waals surface area (Å²) >= 11 is 0. The first-order valence-electron chi connectivity index (χ1n) is 8.61. The van der Waals surface area contributed by atoms with E-state index in [0.717, 1.165) is 43.1 Å². The molecule has 0 amide bonds. The van der Waals surface area contributed by atoms with E-state index in [-0.39, 0.29) is 5.75 Å². The summed E-state index contributed by atoms with van der Waals surface area (Å²) in [7, 11) is -3.13. The molecule has 7 heteroatoms. The molecule has 2 aromatic rings. The highest BCUT2D eigenvalue weighted by Crippen LogP contribution is 2.23. The fraction of sp³-hybridized carbons (Fsp3) is 0.444. The van der Waals surface area contributed by atoms with Gasteiger partial charge in [-0.15, -0.1) is 0 Å². The van der Waals surface area contributed by atoms with Crippen molar-refractivity contribution in [1.29, 1.82) is 0 Å². The van der Waals surface area contributed by atoms with Crippen LogP contribution in [0.2, 0.25) is 0 Å². The number of sulfone groups is 1. The zero-order valence-electron chi connectivity index (χ0n) is 14.6. The number of hydrogen-bond donors (Lipinski definition) is 1. The molecule has 0 atom stereocenters. The maximum absolute atomic E-state index is 11.9. The Morgan fingerprint density at radius 2 is 1.84 bits per heavy atom. The highest BCUT2D eigenvalue weighted by molar-refractivity contribution is 7.91. The third-order valence-electron chi connectivity index (χ3n) is 4.54. The molecular formula is C18H24N4O2S. The summed E-state index contributed by atoms with van der Waals surface area (Å²) in [6.07, 6.45) is 5.51. The molecule has 0 saturated carbocycles. The zero-order valence-corrected chi connectivity index (χ0v) is 15.5. The van der Waals surface area contributed by atoms with Crippen LogP contribution in [0.5, 0.6) is 0 Å². The van der Waals surface area contributed by atoms with E-state index in [4.69, 9.17) is 0 Å². The highest BCUT2D eigenvalue weighted by Gasteiger charge is 2.20. The first-order valence-corrected chi connectivity index (χ1v) is 10.3. The first kappa shape index (κ1) is 17.7. The lowest BCUT2D eigenvalue weighted by Crippen LogP contribution is -2.39. The molecule has 6 nitrogen and oxygen atoms in total. The van der Waals surface area contributed by atoms with Gasteiger partial charge in [0.15, 0.2) is 9.84 Å². The van der Waals surface area contributed by atoms with Crippen molar-refractivity contribution in [3.8, 4) is 0 Å². The molecule has 134 valence electrons. The Bertz CT molecular complexity index is 813. The van der Waals surface area contributed by atoms with Crippen molar-refractivity contribution in [3.05, 3.63) is 42.4 Å². The molecule has 0 unspecified atom stereocenters. The van der Waals surface area contributed by atoms with Crippen LogP contribution >= 0.6 is 0 Å². The summed E-state index contributed by atoms with van der Waals surface area (Å²) in [6, 6.07) is 7.61. The van der Waals surface area contributed by atoms with Crippen LogP contribution in [-0.2, 0) is 9.84 Å². The minimum atomic E-state index is -3.13. The smallest absolute Gasteiger partial charge is 0.178 e. The van der Waals surface area contributed by atoms with Gasteiger partial charge < -0.3 is 10.2 Å². The summed E-state index contributed by atoms with van der Waals surface area (Å²) < 4.78 is 23.8. The van der Waals surface area contributed by atoms with Crippen LogP contribution in [0, 0.1) is 6.92 Å². The first-order chi connectivity index (χ1) is 12.0. The Hall–Kier alpha value is -2.15. The van der Waals surface area contributed by atoms with Gasteiger partial charge in [0.2, 0.25) is 0 Å². The molecule has 1 aliphatic heterocycles. The van der Waals surface area contributed by atoms with E-state index in [9.17, 15) is 8.42 Å². The van der Waals surface area contributed by atoms with E-state index in [2.05, 4.69) is 20.2 Å². The number of nitrogens with one attached hydrogen (secondary N) is 1. The number of piperidine rings is 1. The Kier molecular flexibility index (Phi) is 5.22. The van der Waals surface area contributed by atoms with Crippen LogP contribution in [0.4, 0.5) is 11.5 Å². The van der Waals surface area contributed by atoms with Crippen molar-refractivity contribution < 1.29 is 8.42 Å². The molecule has 1 fully saturated rings. The van der Waals surface area contributed by atoms with Crippen LogP contribution in [0.3, 0.4) is 0 Å². The second-order valence-electron chi connectivity index (χ2n) is 6.35. The maximum atomic E-state index is 11.9. The molecule has 1 aromatic heterocycles. The molecule has 0 aliphatic carbocycles. The number of nitrogens with zero attached hydrogens (tertiary/aromatic N) is 3. The summed E-state index contributed by atoms with van der Waals surface area (Å²) in [4.78, 5) is 11.3. The second-order valence-corrected chi connectivity index (χ2v) is 8.63. The highest BCUT2D eigenvalue weighted by atomic mass is 32.2. The van der Waals surface area contributed by atoms with Gasteiger partial charge in [0.1, 0.15) is 5.82 Å². The van der Waals surface area contributed by atoms with Crippen molar-refractivity contribution in [2.24, 2.45) is 0 Å². The molecular weight excluding hydrogens is 336 g/mol. The monoisotopic (exact) mass is 360 g/mol. The second kappa shape index (κ2) is 7.39. The van der Waals surface area contributed by atoms with Gasteiger partial charge in [0, 0.05) is 31.0 Å². The molecule has 0 bridgehead atoms. The van der Waals surface area contributed by atoms with Gasteiger partial charge in [0.25, 0.3) is 0 Å². The minimum absolute atomic E-state index is 0.130. The lowest BCUT2D eigenvalue weighted by Gasteiger charge is -2.34.